The molecule has 102 valence electrons. The van der Waals surface area contributed by atoms with Crippen molar-refractivity contribution in [2.24, 2.45) is 10.9 Å². The highest BCUT2D eigenvalue weighted by atomic mass is 19.1. The predicted molar refractivity (Wildman–Crippen MR) is 82.0 cm³/mol. The lowest BCUT2D eigenvalue weighted by atomic mass is 9.98. The fourth-order valence-electron chi connectivity index (χ4n) is 1.90. The number of rotatable bonds is 4. The van der Waals surface area contributed by atoms with Gasteiger partial charge in [-0.2, -0.15) is 0 Å². The molecule has 2 heteroatoms. The maximum absolute atomic E-state index is 13.5. The maximum Gasteiger partial charge on any atom is 0.124 e. The molecule has 0 unspecified atom stereocenters. The van der Waals surface area contributed by atoms with Crippen LogP contribution in [-0.4, -0.2) is 5.71 Å². The molecule has 1 aromatic rings. The Morgan fingerprint density at radius 2 is 1.95 bits per heavy atom. The van der Waals surface area contributed by atoms with E-state index in [4.69, 9.17) is 0 Å². The molecule has 0 aromatic heterocycles. The van der Waals surface area contributed by atoms with Gasteiger partial charge in [-0.1, -0.05) is 20.4 Å². The molecule has 0 N–H and O–H groups in total. The van der Waals surface area contributed by atoms with E-state index >= 15 is 0 Å². The summed E-state index contributed by atoms with van der Waals surface area (Å²) in [5, 5.41) is 0. The molecule has 0 saturated heterocycles. The van der Waals surface area contributed by atoms with Crippen molar-refractivity contribution in [1.29, 1.82) is 0 Å². The number of aliphatic imine (C=N–C) groups is 1. The van der Waals surface area contributed by atoms with Crippen LogP contribution in [0.4, 0.5) is 4.39 Å². The molecule has 0 aliphatic heterocycles. The number of nitrogens with zero attached hydrogens (tertiary/aromatic N) is 1. The van der Waals surface area contributed by atoms with Gasteiger partial charge in [-0.3, -0.25) is 4.99 Å². The Labute approximate surface area is 115 Å². The van der Waals surface area contributed by atoms with Gasteiger partial charge in [-0.25, -0.2) is 4.39 Å². The molecule has 0 spiro atoms. The first-order chi connectivity index (χ1) is 8.86. The second kappa shape index (κ2) is 6.46. The molecule has 0 fully saturated rings. The number of hydrogen-bond acceptors (Lipinski definition) is 1. The van der Waals surface area contributed by atoms with Crippen molar-refractivity contribution in [1.82, 2.24) is 0 Å². The van der Waals surface area contributed by atoms with Crippen molar-refractivity contribution in [2.45, 2.75) is 34.6 Å². The molecular weight excluding hydrogens is 237 g/mol. The molecule has 0 aliphatic carbocycles. The molecule has 19 heavy (non-hydrogen) atoms. The van der Waals surface area contributed by atoms with Crippen molar-refractivity contribution in [2.75, 3.05) is 0 Å². The lowest BCUT2D eigenvalue weighted by Gasteiger charge is -2.09. The minimum atomic E-state index is -0.206. The summed E-state index contributed by atoms with van der Waals surface area (Å²) >= 11 is 0. The lowest BCUT2D eigenvalue weighted by Crippen LogP contribution is -2.02. The fraction of sp³-hybridized carbons (Fsp3) is 0.353. The second-order valence-electron chi connectivity index (χ2n) is 5.12. The summed E-state index contributed by atoms with van der Waals surface area (Å²) in [5.74, 6) is 0.125. The highest BCUT2D eigenvalue weighted by Gasteiger charge is 2.06. The van der Waals surface area contributed by atoms with Crippen molar-refractivity contribution in [3.63, 3.8) is 0 Å². The smallest absolute Gasteiger partial charge is 0.124 e. The average molecular weight is 259 g/mol. The molecule has 1 aromatic carbocycles. The minimum Gasteiger partial charge on any atom is -0.261 e. The van der Waals surface area contributed by atoms with Crippen LogP contribution in [0.25, 0.3) is 5.57 Å². The Kier molecular flexibility index (Phi) is 5.22. The summed E-state index contributed by atoms with van der Waals surface area (Å²) < 4.78 is 13.5. The Hall–Kier alpha value is -1.70. The quantitative estimate of drug-likeness (QED) is 0.668. The van der Waals surface area contributed by atoms with E-state index in [0.717, 1.165) is 28.0 Å². The van der Waals surface area contributed by atoms with Crippen molar-refractivity contribution in [3.05, 3.63) is 53.5 Å². The van der Waals surface area contributed by atoms with Crippen molar-refractivity contribution < 1.29 is 4.39 Å². The molecule has 1 nitrogen and oxygen atoms in total. The topological polar surface area (TPSA) is 12.4 Å². The van der Waals surface area contributed by atoms with Gasteiger partial charge in [-0.15, -0.1) is 0 Å². The van der Waals surface area contributed by atoms with Crippen LogP contribution in [0.15, 0.2) is 36.0 Å². The molecular formula is C17H22FN. The third-order valence-electron chi connectivity index (χ3n) is 3.26. The van der Waals surface area contributed by atoms with E-state index in [1.165, 1.54) is 0 Å². The minimum absolute atomic E-state index is 0.206. The van der Waals surface area contributed by atoms with Gasteiger partial charge in [0.15, 0.2) is 0 Å². The van der Waals surface area contributed by atoms with E-state index in [-0.39, 0.29) is 5.82 Å². The largest absolute Gasteiger partial charge is 0.261 e. The summed E-state index contributed by atoms with van der Waals surface area (Å²) in [6.07, 6.45) is 3.55. The Morgan fingerprint density at radius 3 is 2.47 bits per heavy atom. The van der Waals surface area contributed by atoms with Gasteiger partial charge in [0.05, 0.1) is 0 Å². The summed E-state index contributed by atoms with van der Waals surface area (Å²) in [6.45, 7) is 13.8. The summed E-state index contributed by atoms with van der Waals surface area (Å²) in [4.78, 5) is 4.43. The van der Waals surface area contributed by atoms with Gasteiger partial charge >= 0.3 is 0 Å². The monoisotopic (exact) mass is 259 g/mol. The zero-order valence-electron chi connectivity index (χ0n) is 12.4. The van der Waals surface area contributed by atoms with Gasteiger partial charge in [0.1, 0.15) is 5.82 Å². The van der Waals surface area contributed by atoms with Crippen LogP contribution in [0.2, 0.25) is 0 Å². The van der Waals surface area contributed by atoms with Crippen LogP contribution < -0.4 is 0 Å². The number of benzene rings is 1. The molecule has 1 rings (SSSR count). The Morgan fingerprint density at radius 1 is 1.32 bits per heavy atom. The molecule has 0 atom stereocenters. The zero-order chi connectivity index (χ0) is 14.6. The van der Waals surface area contributed by atoms with E-state index in [9.17, 15) is 4.39 Å². The fourth-order valence-corrected chi connectivity index (χ4v) is 1.90. The zero-order valence-corrected chi connectivity index (χ0v) is 12.4. The van der Waals surface area contributed by atoms with Crippen LogP contribution >= 0.6 is 0 Å². The first-order valence-electron chi connectivity index (χ1n) is 6.50. The summed E-state index contributed by atoms with van der Waals surface area (Å²) in [7, 11) is 0. The lowest BCUT2D eigenvalue weighted by molar-refractivity contribution is 0.625. The van der Waals surface area contributed by atoms with E-state index in [0.29, 0.717) is 5.92 Å². The van der Waals surface area contributed by atoms with E-state index < -0.39 is 0 Å². The standard InChI is InChI=1S/C17H22FN/c1-7-17(11(2)3)19-10-13(5)16-9-15(18)8-12(4)14(16)6/h7-11H,1H2,2-6H3/b13-10+,19-17+. The number of aryl methyl sites for hydroxylation is 1. The normalized spacial score (nSPS) is 13.0. The van der Waals surface area contributed by atoms with Crippen molar-refractivity contribution in [3.8, 4) is 0 Å². The molecule has 0 aliphatic rings. The second-order valence-corrected chi connectivity index (χ2v) is 5.12. The summed E-state index contributed by atoms with van der Waals surface area (Å²) in [6, 6.07) is 3.12. The highest BCUT2D eigenvalue weighted by molar-refractivity contribution is 5.96. The van der Waals surface area contributed by atoms with E-state index in [2.05, 4.69) is 25.4 Å². The molecule has 0 amide bonds. The predicted octanol–water partition coefficient (Wildman–Crippen LogP) is 5.09. The van der Waals surface area contributed by atoms with Gasteiger partial charge in [0.25, 0.3) is 0 Å². The van der Waals surface area contributed by atoms with Gasteiger partial charge < -0.3 is 0 Å². The van der Waals surface area contributed by atoms with Gasteiger partial charge in [-0.05, 0) is 67.2 Å². The molecule has 0 radical (unpaired) electrons. The van der Waals surface area contributed by atoms with Crippen LogP contribution in [-0.2, 0) is 0 Å². The van der Waals surface area contributed by atoms with Crippen LogP contribution in [0.3, 0.4) is 0 Å². The molecule has 0 saturated carbocycles. The third-order valence-corrected chi connectivity index (χ3v) is 3.26. The molecule has 0 heterocycles. The van der Waals surface area contributed by atoms with Crippen LogP contribution in [0.5, 0.6) is 0 Å². The highest BCUT2D eigenvalue weighted by Crippen LogP contribution is 2.23. The number of hydrogen-bond donors (Lipinski definition) is 0. The average Bonchev–Trinajstić information content (AvgIpc) is 2.33. The summed E-state index contributed by atoms with van der Waals surface area (Å²) in [5.41, 5.74) is 4.85. The van der Waals surface area contributed by atoms with E-state index in [1.54, 1.807) is 24.4 Å². The SMILES string of the molecule is C=C/C(=N\C=C(/C)c1cc(F)cc(C)c1C)C(C)C. The number of allylic oxidation sites excluding steroid dienone is 2. The Bertz CT molecular complexity index is 536. The maximum atomic E-state index is 13.5. The van der Waals surface area contributed by atoms with Gasteiger partial charge in [0.2, 0.25) is 0 Å². The Balaban J connectivity index is 3.20. The van der Waals surface area contributed by atoms with Gasteiger partial charge in [0, 0.05) is 11.9 Å². The first-order valence-corrected chi connectivity index (χ1v) is 6.50. The number of halogens is 1. The van der Waals surface area contributed by atoms with Crippen LogP contribution in [0, 0.1) is 25.6 Å². The molecule has 0 bridgehead atoms. The van der Waals surface area contributed by atoms with Crippen LogP contribution in [0.1, 0.15) is 37.5 Å². The first kappa shape index (κ1) is 15.4. The van der Waals surface area contributed by atoms with Crippen molar-refractivity contribution >= 4 is 11.3 Å². The third kappa shape index (κ3) is 3.88. The van der Waals surface area contributed by atoms with E-state index in [1.807, 2.05) is 20.8 Å².